The van der Waals surface area contributed by atoms with Crippen LogP contribution in [0.3, 0.4) is 0 Å². The molecule has 8 nitrogen and oxygen atoms in total. The number of ether oxygens (including phenoxy) is 1. The third kappa shape index (κ3) is 5.11. The van der Waals surface area contributed by atoms with E-state index in [0.29, 0.717) is 17.2 Å². The van der Waals surface area contributed by atoms with Gasteiger partial charge in [-0.1, -0.05) is 13.8 Å². The van der Waals surface area contributed by atoms with Crippen LogP contribution in [0.25, 0.3) is 10.9 Å². The number of nitrogens with one attached hydrogen (secondary N) is 2. The molecular formula is C21H26N6O2. The number of hydrogen-bond donors (Lipinski definition) is 3. The molecule has 0 saturated heterocycles. The van der Waals surface area contributed by atoms with E-state index in [2.05, 4.69) is 39.0 Å². The number of fused-ring (bicyclic) bond motifs is 1. The lowest BCUT2D eigenvalue weighted by Crippen LogP contribution is -2.36. The van der Waals surface area contributed by atoms with Crippen LogP contribution in [-0.4, -0.2) is 46.9 Å². The fraction of sp³-hybridized carbons (Fsp3) is 0.286. The molecule has 2 aromatic heterocycles. The molecule has 0 bridgehead atoms. The average molecular weight is 394 g/mol. The molecule has 4 N–H and O–H groups in total. The highest BCUT2D eigenvalue weighted by Crippen LogP contribution is 2.26. The van der Waals surface area contributed by atoms with E-state index in [4.69, 9.17) is 10.5 Å². The maximum atomic E-state index is 12.2. The van der Waals surface area contributed by atoms with Gasteiger partial charge in [0.05, 0.1) is 6.20 Å². The normalized spacial score (nSPS) is 11.8. The number of aliphatic imine (C=N–C) groups is 1. The van der Waals surface area contributed by atoms with Gasteiger partial charge in [-0.05, 0) is 42.9 Å². The van der Waals surface area contributed by atoms with Crippen LogP contribution in [0.4, 0.5) is 0 Å². The molecule has 0 aliphatic carbocycles. The predicted octanol–water partition coefficient (Wildman–Crippen LogP) is 2.87. The SMILES string of the molecule is CCN(CC)Cc1cncc(Oc2ccc3cc(C(=O)NC(N)=NC)[nH]c3c2)c1. The third-order valence-corrected chi connectivity index (χ3v) is 4.63. The summed E-state index contributed by atoms with van der Waals surface area (Å²) >= 11 is 0. The van der Waals surface area contributed by atoms with Crippen molar-refractivity contribution in [3.8, 4) is 11.5 Å². The minimum Gasteiger partial charge on any atom is -0.456 e. The molecular weight excluding hydrogens is 368 g/mol. The molecule has 3 aromatic rings. The summed E-state index contributed by atoms with van der Waals surface area (Å²) in [7, 11) is 1.51. The zero-order valence-corrected chi connectivity index (χ0v) is 16.9. The number of nitrogens with zero attached hydrogens (tertiary/aromatic N) is 3. The molecule has 0 aliphatic heterocycles. The topological polar surface area (TPSA) is 109 Å². The number of H-pyrrole nitrogens is 1. The van der Waals surface area contributed by atoms with Crippen molar-refractivity contribution in [2.75, 3.05) is 20.1 Å². The number of guanidine groups is 1. The molecule has 0 unspecified atom stereocenters. The third-order valence-electron chi connectivity index (χ3n) is 4.63. The van der Waals surface area contributed by atoms with Gasteiger partial charge in [-0.3, -0.25) is 25.0 Å². The van der Waals surface area contributed by atoms with Gasteiger partial charge in [-0.2, -0.15) is 0 Å². The first kappa shape index (κ1) is 20.3. The van der Waals surface area contributed by atoms with Crippen molar-refractivity contribution in [2.45, 2.75) is 20.4 Å². The Hall–Kier alpha value is -3.39. The Morgan fingerprint density at radius 3 is 2.72 bits per heavy atom. The van der Waals surface area contributed by atoms with E-state index < -0.39 is 0 Å². The summed E-state index contributed by atoms with van der Waals surface area (Å²) in [6, 6.07) is 9.35. The van der Waals surface area contributed by atoms with Gasteiger partial charge >= 0.3 is 0 Å². The number of benzene rings is 1. The maximum absolute atomic E-state index is 12.2. The lowest BCUT2D eigenvalue weighted by atomic mass is 10.2. The summed E-state index contributed by atoms with van der Waals surface area (Å²) in [5.74, 6) is 1.04. The first-order chi connectivity index (χ1) is 14.0. The highest BCUT2D eigenvalue weighted by molar-refractivity contribution is 6.06. The van der Waals surface area contributed by atoms with E-state index in [1.165, 1.54) is 7.05 Å². The average Bonchev–Trinajstić information content (AvgIpc) is 3.15. The number of carbonyl (C=O) groups excluding carboxylic acids is 1. The van der Waals surface area contributed by atoms with Crippen LogP contribution in [0.1, 0.15) is 29.9 Å². The number of pyridine rings is 1. The predicted molar refractivity (Wildman–Crippen MR) is 114 cm³/mol. The Morgan fingerprint density at radius 1 is 1.21 bits per heavy atom. The molecule has 29 heavy (non-hydrogen) atoms. The van der Waals surface area contributed by atoms with E-state index in [1.807, 2.05) is 30.5 Å². The summed E-state index contributed by atoms with van der Waals surface area (Å²) in [5.41, 5.74) is 7.83. The second kappa shape index (κ2) is 9.20. The number of carbonyl (C=O) groups is 1. The molecule has 8 heteroatoms. The Balaban J connectivity index is 1.76. The number of rotatable bonds is 7. The van der Waals surface area contributed by atoms with Gasteiger partial charge in [0, 0.05) is 36.8 Å². The van der Waals surface area contributed by atoms with Crippen LogP contribution in [-0.2, 0) is 6.54 Å². The van der Waals surface area contributed by atoms with Gasteiger partial charge in [-0.15, -0.1) is 0 Å². The fourth-order valence-corrected chi connectivity index (χ4v) is 2.98. The molecule has 1 amide bonds. The molecule has 0 fully saturated rings. The largest absolute Gasteiger partial charge is 0.456 e. The summed E-state index contributed by atoms with van der Waals surface area (Å²) in [6.07, 6.45) is 3.55. The lowest BCUT2D eigenvalue weighted by Gasteiger charge is -2.18. The second-order valence-corrected chi connectivity index (χ2v) is 6.59. The van der Waals surface area contributed by atoms with Crippen molar-refractivity contribution in [1.82, 2.24) is 20.2 Å². The van der Waals surface area contributed by atoms with Crippen molar-refractivity contribution in [1.29, 1.82) is 0 Å². The molecule has 0 spiro atoms. The van der Waals surface area contributed by atoms with Gasteiger partial charge in [0.2, 0.25) is 0 Å². The molecule has 1 aromatic carbocycles. The van der Waals surface area contributed by atoms with E-state index in [9.17, 15) is 4.79 Å². The Labute approximate surface area is 169 Å². The summed E-state index contributed by atoms with van der Waals surface area (Å²) in [6.45, 7) is 7.07. The molecule has 2 heterocycles. The van der Waals surface area contributed by atoms with Gasteiger partial charge in [0.25, 0.3) is 5.91 Å². The van der Waals surface area contributed by atoms with Crippen molar-refractivity contribution in [2.24, 2.45) is 10.7 Å². The van der Waals surface area contributed by atoms with Gasteiger partial charge in [0.1, 0.15) is 17.2 Å². The Kier molecular flexibility index (Phi) is 6.46. The summed E-state index contributed by atoms with van der Waals surface area (Å²) in [5, 5.41) is 3.40. The van der Waals surface area contributed by atoms with E-state index in [0.717, 1.165) is 36.1 Å². The molecule has 3 rings (SSSR count). The molecule has 0 saturated carbocycles. The standard InChI is InChI=1S/C21H26N6O2/c1-4-27(5-2)13-14-8-17(12-24-11-14)29-16-7-6-15-9-19(25-18(15)10-16)20(28)26-21(22)23-3/h6-12,25H,4-5,13H2,1-3H3,(H3,22,23,26,28). The van der Waals surface area contributed by atoms with E-state index >= 15 is 0 Å². The second-order valence-electron chi connectivity index (χ2n) is 6.59. The monoisotopic (exact) mass is 394 g/mol. The van der Waals surface area contributed by atoms with Crippen LogP contribution in [0, 0.1) is 0 Å². The summed E-state index contributed by atoms with van der Waals surface area (Å²) < 4.78 is 5.99. The number of aromatic amines is 1. The molecule has 0 aliphatic rings. The molecule has 0 radical (unpaired) electrons. The Morgan fingerprint density at radius 2 is 2.00 bits per heavy atom. The molecule has 0 atom stereocenters. The van der Waals surface area contributed by atoms with E-state index in [1.54, 1.807) is 12.3 Å². The number of nitrogens with two attached hydrogens (primary N) is 1. The van der Waals surface area contributed by atoms with Crippen LogP contribution in [0.15, 0.2) is 47.7 Å². The van der Waals surface area contributed by atoms with Crippen molar-refractivity contribution < 1.29 is 9.53 Å². The summed E-state index contributed by atoms with van der Waals surface area (Å²) in [4.78, 5) is 25.6. The van der Waals surface area contributed by atoms with Crippen molar-refractivity contribution >= 4 is 22.8 Å². The maximum Gasteiger partial charge on any atom is 0.274 e. The van der Waals surface area contributed by atoms with Crippen LogP contribution >= 0.6 is 0 Å². The molecule has 152 valence electrons. The fourth-order valence-electron chi connectivity index (χ4n) is 2.98. The van der Waals surface area contributed by atoms with Crippen molar-refractivity contribution in [3.63, 3.8) is 0 Å². The first-order valence-corrected chi connectivity index (χ1v) is 9.52. The van der Waals surface area contributed by atoms with Crippen LogP contribution < -0.4 is 15.8 Å². The Bertz CT molecular complexity index is 1020. The van der Waals surface area contributed by atoms with Gasteiger partial charge < -0.3 is 15.5 Å². The minimum absolute atomic E-state index is 0.0646. The quantitative estimate of drug-likeness (QED) is 0.422. The highest BCUT2D eigenvalue weighted by Gasteiger charge is 2.11. The smallest absolute Gasteiger partial charge is 0.274 e. The highest BCUT2D eigenvalue weighted by atomic mass is 16.5. The van der Waals surface area contributed by atoms with Gasteiger partial charge in [-0.25, -0.2) is 0 Å². The number of hydrogen-bond acceptors (Lipinski definition) is 5. The number of amides is 1. The van der Waals surface area contributed by atoms with E-state index in [-0.39, 0.29) is 11.9 Å². The number of aromatic nitrogens is 2. The zero-order valence-electron chi connectivity index (χ0n) is 16.9. The van der Waals surface area contributed by atoms with Crippen LogP contribution in [0.2, 0.25) is 0 Å². The minimum atomic E-state index is -0.347. The zero-order chi connectivity index (χ0) is 20.8. The van der Waals surface area contributed by atoms with Gasteiger partial charge in [0.15, 0.2) is 5.96 Å². The lowest BCUT2D eigenvalue weighted by molar-refractivity contribution is 0.0972. The first-order valence-electron chi connectivity index (χ1n) is 9.52. The van der Waals surface area contributed by atoms with Crippen molar-refractivity contribution in [3.05, 3.63) is 54.0 Å². The van der Waals surface area contributed by atoms with Crippen LogP contribution in [0.5, 0.6) is 11.5 Å².